The summed E-state index contributed by atoms with van der Waals surface area (Å²) in [7, 11) is 3.76. The van der Waals surface area contributed by atoms with E-state index in [0.29, 0.717) is 0 Å². The number of methoxy groups -OCH3 is 1. The third-order valence-electron chi connectivity index (χ3n) is 4.57. The van der Waals surface area contributed by atoms with Gasteiger partial charge in [0, 0.05) is 25.3 Å². The molecule has 0 aliphatic carbocycles. The van der Waals surface area contributed by atoms with E-state index in [2.05, 4.69) is 17.3 Å². The van der Waals surface area contributed by atoms with Crippen molar-refractivity contribution in [3.05, 3.63) is 48.5 Å². The Morgan fingerprint density at radius 2 is 1.56 bits per heavy atom. The molecule has 0 aromatic heterocycles. The number of ether oxygens (including phenoxy) is 1. The van der Waals surface area contributed by atoms with E-state index in [1.54, 1.807) is 7.11 Å². The molecule has 5 nitrogen and oxygen atoms in total. The average Bonchev–Trinajstić information content (AvgIpc) is 2.87. The topological polar surface area (TPSA) is 44.8 Å². The zero-order valence-corrected chi connectivity index (χ0v) is 14.9. The van der Waals surface area contributed by atoms with Crippen molar-refractivity contribution in [3.63, 3.8) is 0 Å². The second kappa shape index (κ2) is 8.03. The van der Waals surface area contributed by atoms with Gasteiger partial charge in [-0.25, -0.2) is 4.79 Å². The van der Waals surface area contributed by atoms with Gasteiger partial charge in [0.1, 0.15) is 5.75 Å². The van der Waals surface area contributed by atoms with Crippen molar-refractivity contribution in [1.29, 1.82) is 0 Å². The highest BCUT2D eigenvalue weighted by atomic mass is 16.5. The molecule has 2 aromatic rings. The number of carbonyl (C=O) groups excluding carboxylic acids is 1. The Hall–Kier alpha value is -2.53. The van der Waals surface area contributed by atoms with Crippen LogP contribution in [0.4, 0.5) is 10.5 Å². The minimum Gasteiger partial charge on any atom is -0.497 e. The predicted octanol–water partition coefficient (Wildman–Crippen LogP) is 3.53. The molecule has 1 aliphatic heterocycles. The summed E-state index contributed by atoms with van der Waals surface area (Å²) < 4.78 is 5.19. The van der Waals surface area contributed by atoms with Crippen molar-refractivity contribution in [2.24, 2.45) is 0 Å². The van der Waals surface area contributed by atoms with Crippen LogP contribution in [0.25, 0.3) is 11.1 Å². The minimum absolute atomic E-state index is 0.0208. The van der Waals surface area contributed by atoms with Crippen LogP contribution < -0.4 is 10.1 Å². The van der Waals surface area contributed by atoms with Crippen molar-refractivity contribution in [2.75, 3.05) is 45.7 Å². The predicted molar refractivity (Wildman–Crippen MR) is 101 cm³/mol. The molecule has 3 rings (SSSR count). The largest absolute Gasteiger partial charge is 0.497 e. The number of likely N-dealkylation sites (N-methyl/N-ethyl adjacent to an activating group) is 1. The maximum atomic E-state index is 12.4. The first-order valence-corrected chi connectivity index (χ1v) is 8.64. The molecule has 0 spiro atoms. The zero-order chi connectivity index (χ0) is 17.6. The van der Waals surface area contributed by atoms with E-state index in [0.717, 1.165) is 55.2 Å². The molecular weight excluding hydrogens is 314 g/mol. The van der Waals surface area contributed by atoms with Crippen LogP contribution in [-0.2, 0) is 0 Å². The second-order valence-electron chi connectivity index (χ2n) is 6.38. The number of benzene rings is 2. The fraction of sp³-hybridized carbons (Fsp3) is 0.350. The SMILES string of the molecule is COc1ccc(-c2ccc(NC(=O)N3CCCN(C)CC3)cc2)cc1. The standard InChI is InChI=1S/C20H25N3O2/c1-22-12-3-13-23(15-14-22)20(24)21-18-8-4-16(5-9-18)17-6-10-19(25-2)11-7-17/h4-11H,3,12-15H2,1-2H3,(H,21,24). The number of rotatable bonds is 3. The Bertz CT molecular complexity index is 698. The third kappa shape index (κ3) is 4.51. The van der Waals surface area contributed by atoms with Crippen molar-refractivity contribution in [1.82, 2.24) is 9.80 Å². The van der Waals surface area contributed by atoms with Crippen LogP contribution in [0.1, 0.15) is 6.42 Å². The summed E-state index contributed by atoms with van der Waals surface area (Å²) >= 11 is 0. The van der Waals surface area contributed by atoms with Crippen LogP contribution in [0.2, 0.25) is 0 Å². The number of carbonyl (C=O) groups is 1. The molecule has 1 saturated heterocycles. The number of hydrogen-bond donors (Lipinski definition) is 1. The fourth-order valence-electron chi connectivity index (χ4n) is 2.98. The van der Waals surface area contributed by atoms with Crippen LogP contribution >= 0.6 is 0 Å². The maximum absolute atomic E-state index is 12.4. The maximum Gasteiger partial charge on any atom is 0.321 e. The Balaban J connectivity index is 1.62. The Labute approximate surface area is 149 Å². The molecule has 1 aliphatic rings. The van der Waals surface area contributed by atoms with Gasteiger partial charge in [-0.1, -0.05) is 24.3 Å². The van der Waals surface area contributed by atoms with Crippen LogP contribution in [0, 0.1) is 0 Å². The van der Waals surface area contributed by atoms with E-state index in [1.807, 2.05) is 53.4 Å². The lowest BCUT2D eigenvalue weighted by atomic mass is 10.1. The Morgan fingerprint density at radius 1 is 0.920 bits per heavy atom. The van der Waals surface area contributed by atoms with Crippen LogP contribution in [0.5, 0.6) is 5.75 Å². The molecule has 2 aromatic carbocycles. The van der Waals surface area contributed by atoms with Gasteiger partial charge in [0.25, 0.3) is 0 Å². The first-order valence-electron chi connectivity index (χ1n) is 8.64. The van der Waals surface area contributed by atoms with Gasteiger partial charge in [-0.05, 0) is 55.4 Å². The number of nitrogens with one attached hydrogen (secondary N) is 1. The Morgan fingerprint density at radius 3 is 2.20 bits per heavy atom. The van der Waals surface area contributed by atoms with Crippen molar-refractivity contribution in [2.45, 2.75) is 6.42 Å². The molecule has 1 fully saturated rings. The number of urea groups is 1. The van der Waals surface area contributed by atoms with E-state index >= 15 is 0 Å². The van der Waals surface area contributed by atoms with Crippen molar-refractivity contribution < 1.29 is 9.53 Å². The molecule has 0 bridgehead atoms. The van der Waals surface area contributed by atoms with E-state index in [4.69, 9.17) is 4.74 Å². The first-order chi connectivity index (χ1) is 12.2. The zero-order valence-electron chi connectivity index (χ0n) is 14.9. The molecule has 132 valence electrons. The fourth-order valence-corrected chi connectivity index (χ4v) is 2.98. The monoisotopic (exact) mass is 339 g/mol. The summed E-state index contributed by atoms with van der Waals surface area (Å²) in [4.78, 5) is 16.6. The molecule has 0 atom stereocenters. The molecule has 0 radical (unpaired) electrons. The highest BCUT2D eigenvalue weighted by molar-refractivity contribution is 5.89. The lowest BCUT2D eigenvalue weighted by Gasteiger charge is -2.21. The quantitative estimate of drug-likeness (QED) is 0.930. The van der Waals surface area contributed by atoms with Gasteiger partial charge in [-0.15, -0.1) is 0 Å². The third-order valence-corrected chi connectivity index (χ3v) is 4.57. The molecule has 25 heavy (non-hydrogen) atoms. The number of nitrogens with zero attached hydrogens (tertiary/aromatic N) is 2. The minimum atomic E-state index is -0.0208. The molecule has 0 saturated carbocycles. The summed E-state index contributed by atoms with van der Waals surface area (Å²) in [5.41, 5.74) is 3.05. The number of hydrogen-bond acceptors (Lipinski definition) is 3. The molecule has 2 amide bonds. The van der Waals surface area contributed by atoms with Gasteiger partial charge in [-0.3, -0.25) is 0 Å². The van der Waals surface area contributed by atoms with Crippen LogP contribution in [0.15, 0.2) is 48.5 Å². The smallest absolute Gasteiger partial charge is 0.321 e. The van der Waals surface area contributed by atoms with Crippen LogP contribution in [0.3, 0.4) is 0 Å². The van der Waals surface area contributed by atoms with E-state index in [1.165, 1.54) is 0 Å². The lowest BCUT2D eigenvalue weighted by molar-refractivity contribution is 0.213. The summed E-state index contributed by atoms with van der Waals surface area (Å²) in [6, 6.07) is 15.9. The highest BCUT2D eigenvalue weighted by Crippen LogP contribution is 2.24. The van der Waals surface area contributed by atoms with Crippen molar-refractivity contribution in [3.8, 4) is 16.9 Å². The van der Waals surface area contributed by atoms with Gasteiger partial charge in [0.15, 0.2) is 0 Å². The summed E-state index contributed by atoms with van der Waals surface area (Å²) in [6.07, 6.45) is 1.01. The van der Waals surface area contributed by atoms with Gasteiger partial charge in [-0.2, -0.15) is 0 Å². The van der Waals surface area contributed by atoms with Gasteiger partial charge in [0.05, 0.1) is 7.11 Å². The highest BCUT2D eigenvalue weighted by Gasteiger charge is 2.17. The normalized spacial score (nSPS) is 15.5. The lowest BCUT2D eigenvalue weighted by Crippen LogP contribution is -2.37. The molecule has 5 heteroatoms. The molecule has 0 unspecified atom stereocenters. The first kappa shape index (κ1) is 17.3. The van der Waals surface area contributed by atoms with Crippen molar-refractivity contribution >= 4 is 11.7 Å². The van der Waals surface area contributed by atoms with E-state index in [9.17, 15) is 4.79 Å². The average molecular weight is 339 g/mol. The van der Waals surface area contributed by atoms with Crippen LogP contribution in [-0.4, -0.2) is 56.2 Å². The molecule has 1 heterocycles. The number of anilines is 1. The van der Waals surface area contributed by atoms with E-state index < -0.39 is 0 Å². The van der Waals surface area contributed by atoms with Gasteiger partial charge < -0.3 is 19.9 Å². The summed E-state index contributed by atoms with van der Waals surface area (Å²) in [5.74, 6) is 0.843. The Kier molecular flexibility index (Phi) is 5.56. The van der Waals surface area contributed by atoms with E-state index in [-0.39, 0.29) is 6.03 Å². The summed E-state index contributed by atoms with van der Waals surface area (Å²) in [6.45, 7) is 3.54. The van der Waals surface area contributed by atoms with Gasteiger partial charge in [0.2, 0.25) is 0 Å². The summed E-state index contributed by atoms with van der Waals surface area (Å²) in [5, 5.41) is 3.00. The second-order valence-corrected chi connectivity index (χ2v) is 6.38. The number of amides is 2. The molecular formula is C20H25N3O2. The van der Waals surface area contributed by atoms with Gasteiger partial charge >= 0.3 is 6.03 Å². The molecule has 1 N–H and O–H groups in total.